The molecule has 0 saturated heterocycles. The summed E-state index contributed by atoms with van der Waals surface area (Å²) in [5.74, 6) is 0.0780. The maximum Gasteiger partial charge on any atom is 0.237 e. The van der Waals surface area contributed by atoms with E-state index in [1.165, 1.54) is 17.2 Å². The van der Waals surface area contributed by atoms with Gasteiger partial charge in [0.25, 0.3) is 0 Å². The highest BCUT2D eigenvalue weighted by Gasteiger charge is 2.31. The second-order valence-corrected chi connectivity index (χ2v) is 8.41. The monoisotopic (exact) mass is 359 g/mol. The third-order valence-electron chi connectivity index (χ3n) is 3.65. The topological polar surface area (TPSA) is 54.5 Å². The molecule has 1 aliphatic heterocycles. The zero-order valence-electron chi connectivity index (χ0n) is 12.9. The number of rotatable bonds is 5. The van der Waals surface area contributed by atoms with E-state index in [4.69, 9.17) is 0 Å². The Balaban J connectivity index is 1.80. The molecule has 1 aliphatic rings. The largest absolute Gasteiger partial charge is 0.304 e. The van der Waals surface area contributed by atoms with E-state index in [0.29, 0.717) is 5.69 Å². The number of carbonyl (C=O) groups is 1. The van der Waals surface area contributed by atoms with Gasteiger partial charge in [-0.05, 0) is 30.3 Å². The second kappa shape index (κ2) is 7.23. The zero-order chi connectivity index (χ0) is 17.0. The molecular formula is C18H17NO3S2. The van der Waals surface area contributed by atoms with Crippen molar-refractivity contribution in [3.05, 3.63) is 72.1 Å². The molecule has 0 N–H and O–H groups in total. The van der Waals surface area contributed by atoms with Gasteiger partial charge in [-0.15, -0.1) is 11.8 Å². The van der Waals surface area contributed by atoms with Crippen molar-refractivity contribution in [3.8, 4) is 0 Å². The first-order valence-electron chi connectivity index (χ1n) is 7.51. The van der Waals surface area contributed by atoms with Crippen LogP contribution in [-0.4, -0.2) is 31.9 Å². The van der Waals surface area contributed by atoms with Gasteiger partial charge in [0.2, 0.25) is 5.91 Å². The van der Waals surface area contributed by atoms with Crippen LogP contribution < -0.4 is 4.90 Å². The Labute approximate surface area is 146 Å². The summed E-state index contributed by atoms with van der Waals surface area (Å²) in [7, 11) is -3.23. The van der Waals surface area contributed by atoms with E-state index in [9.17, 15) is 13.2 Å². The number of para-hydroxylation sites is 1. The van der Waals surface area contributed by atoms with Crippen molar-refractivity contribution in [1.29, 1.82) is 0 Å². The molecule has 0 aliphatic carbocycles. The van der Waals surface area contributed by atoms with Crippen molar-refractivity contribution >= 4 is 33.2 Å². The molecule has 2 aromatic carbocycles. The Morgan fingerprint density at radius 1 is 1.04 bits per heavy atom. The minimum Gasteiger partial charge on any atom is -0.304 e. The molecule has 0 aromatic heterocycles. The highest BCUT2D eigenvalue weighted by Crippen LogP contribution is 2.25. The van der Waals surface area contributed by atoms with Gasteiger partial charge in [0.05, 0.1) is 17.5 Å². The first-order chi connectivity index (χ1) is 11.6. The summed E-state index contributed by atoms with van der Waals surface area (Å²) in [6, 6.07) is 18.4. The third kappa shape index (κ3) is 4.07. The smallest absolute Gasteiger partial charge is 0.237 e. The van der Waals surface area contributed by atoms with Crippen molar-refractivity contribution in [2.24, 2.45) is 0 Å². The molecule has 0 unspecified atom stereocenters. The molecule has 1 amide bonds. The van der Waals surface area contributed by atoms with E-state index in [1.54, 1.807) is 11.0 Å². The number of hydrogen-bond donors (Lipinski definition) is 0. The van der Waals surface area contributed by atoms with Crippen LogP contribution in [0.2, 0.25) is 0 Å². The fraction of sp³-hybridized carbons (Fsp3) is 0.167. The quantitative estimate of drug-likeness (QED) is 0.770. The van der Waals surface area contributed by atoms with Crippen LogP contribution in [0.3, 0.4) is 0 Å². The standard InChI is InChI=1S/C18H17NO3S2/c20-18(13-23-17-9-5-2-6-10-17)19(15-7-3-1-4-8-15)16-11-12-24(21,22)14-16/h1-12,16H,13-14H2/t16-/m1/s1. The highest BCUT2D eigenvalue weighted by molar-refractivity contribution is 8.00. The SMILES string of the molecule is O=C(CSc1ccccc1)N(c1ccccc1)[C@@H]1C=CS(=O)(=O)C1. The van der Waals surface area contributed by atoms with Gasteiger partial charge < -0.3 is 4.90 Å². The van der Waals surface area contributed by atoms with Gasteiger partial charge in [0, 0.05) is 16.0 Å². The summed E-state index contributed by atoms with van der Waals surface area (Å²) in [4.78, 5) is 15.4. The lowest BCUT2D eigenvalue weighted by atomic mass is 10.2. The number of carbonyl (C=O) groups excluding carboxylic acids is 1. The molecule has 0 fully saturated rings. The molecule has 1 heterocycles. The molecular weight excluding hydrogens is 342 g/mol. The van der Waals surface area contributed by atoms with Crippen LogP contribution in [0, 0.1) is 0 Å². The predicted octanol–water partition coefficient (Wildman–Crippen LogP) is 3.12. The molecule has 124 valence electrons. The molecule has 2 aromatic rings. The summed E-state index contributed by atoms with van der Waals surface area (Å²) in [6.07, 6.45) is 1.59. The summed E-state index contributed by atoms with van der Waals surface area (Å²) >= 11 is 1.45. The molecule has 0 spiro atoms. The number of thioether (sulfide) groups is 1. The van der Waals surface area contributed by atoms with Crippen LogP contribution in [0.15, 0.2) is 77.0 Å². The highest BCUT2D eigenvalue weighted by atomic mass is 32.2. The lowest BCUT2D eigenvalue weighted by molar-refractivity contribution is -0.116. The van der Waals surface area contributed by atoms with Gasteiger partial charge in [-0.2, -0.15) is 0 Å². The van der Waals surface area contributed by atoms with Crippen LogP contribution in [0.25, 0.3) is 0 Å². The maximum atomic E-state index is 12.8. The Bertz CT molecular complexity index is 833. The first-order valence-corrected chi connectivity index (χ1v) is 10.2. The fourth-order valence-corrected chi connectivity index (χ4v) is 4.61. The van der Waals surface area contributed by atoms with E-state index in [2.05, 4.69) is 0 Å². The minimum atomic E-state index is -3.23. The van der Waals surface area contributed by atoms with Crippen molar-refractivity contribution in [2.75, 3.05) is 16.4 Å². The summed E-state index contributed by atoms with van der Waals surface area (Å²) < 4.78 is 23.5. The molecule has 4 nitrogen and oxygen atoms in total. The summed E-state index contributed by atoms with van der Waals surface area (Å²) in [5.41, 5.74) is 0.711. The normalized spacial score (nSPS) is 18.4. The van der Waals surface area contributed by atoms with Gasteiger partial charge in [-0.3, -0.25) is 4.79 Å². The molecule has 3 rings (SSSR count). The van der Waals surface area contributed by atoms with E-state index in [1.807, 2.05) is 60.7 Å². The van der Waals surface area contributed by atoms with Gasteiger partial charge in [0.1, 0.15) is 0 Å². The molecule has 0 saturated carbocycles. The van der Waals surface area contributed by atoms with E-state index >= 15 is 0 Å². The van der Waals surface area contributed by atoms with Crippen LogP contribution in [-0.2, 0) is 14.6 Å². The average molecular weight is 359 g/mol. The number of benzene rings is 2. The van der Waals surface area contributed by atoms with Crippen LogP contribution in [0.4, 0.5) is 5.69 Å². The first kappa shape index (κ1) is 16.8. The van der Waals surface area contributed by atoms with E-state index in [-0.39, 0.29) is 17.4 Å². The lowest BCUT2D eigenvalue weighted by Crippen LogP contribution is -2.42. The second-order valence-electron chi connectivity index (χ2n) is 5.43. The number of anilines is 1. The number of hydrogen-bond acceptors (Lipinski definition) is 4. The zero-order valence-corrected chi connectivity index (χ0v) is 14.5. The van der Waals surface area contributed by atoms with Gasteiger partial charge in [-0.25, -0.2) is 8.42 Å². The van der Waals surface area contributed by atoms with Crippen LogP contribution >= 0.6 is 11.8 Å². The molecule has 0 radical (unpaired) electrons. The average Bonchev–Trinajstić information content (AvgIpc) is 2.95. The summed E-state index contributed by atoms with van der Waals surface area (Å²) in [6.45, 7) is 0. The Morgan fingerprint density at radius 3 is 2.25 bits per heavy atom. The van der Waals surface area contributed by atoms with Crippen LogP contribution in [0.5, 0.6) is 0 Å². The molecule has 6 heteroatoms. The van der Waals surface area contributed by atoms with Crippen molar-refractivity contribution in [1.82, 2.24) is 0 Å². The third-order valence-corrected chi connectivity index (χ3v) is 6.03. The lowest BCUT2D eigenvalue weighted by Gasteiger charge is -2.27. The van der Waals surface area contributed by atoms with E-state index in [0.717, 1.165) is 4.90 Å². The maximum absolute atomic E-state index is 12.8. The van der Waals surface area contributed by atoms with Gasteiger partial charge in [-0.1, -0.05) is 36.4 Å². The van der Waals surface area contributed by atoms with E-state index < -0.39 is 15.9 Å². The van der Waals surface area contributed by atoms with Gasteiger partial charge >= 0.3 is 0 Å². The molecule has 0 bridgehead atoms. The molecule has 24 heavy (non-hydrogen) atoms. The van der Waals surface area contributed by atoms with Gasteiger partial charge in [0.15, 0.2) is 9.84 Å². The molecule has 1 atom stereocenters. The summed E-state index contributed by atoms with van der Waals surface area (Å²) in [5, 5.41) is 1.20. The van der Waals surface area contributed by atoms with Crippen LogP contribution in [0.1, 0.15) is 0 Å². The predicted molar refractivity (Wildman–Crippen MR) is 97.8 cm³/mol. The van der Waals surface area contributed by atoms with Crippen molar-refractivity contribution in [3.63, 3.8) is 0 Å². The van der Waals surface area contributed by atoms with Crippen molar-refractivity contribution in [2.45, 2.75) is 10.9 Å². The Morgan fingerprint density at radius 2 is 1.67 bits per heavy atom. The Hall–Kier alpha value is -2.05. The number of sulfone groups is 1. The minimum absolute atomic E-state index is 0.0658. The number of nitrogens with zero attached hydrogens (tertiary/aromatic N) is 1. The fourth-order valence-electron chi connectivity index (χ4n) is 2.56. The van der Waals surface area contributed by atoms with Crippen molar-refractivity contribution < 1.29 is 13.2 Å². The number of amides is 1. The Kier molecular flexibility index (Phi) is 5.06.